The third-order valence-electron chi connectivity index (χ3n) is 3.07. The van der Waals surface area contributed by atoms with Crippen LogP contribution in [0.5, 0.6) is 5.75 Å². The molecule has 0 amide bonds. The second kappa shape index (κ2) is 5.56. The van der Waals surface area contributed by atoms with Crippen molar-refractivity contribution in [3.8, 4) is 5.75 Å². The number of ether oxygens (including phenoxy) is 1. The zero-order valence-electron chi connectivity index (χ0n) is 11.4. The van der Waals surface area contributed by atoms with Crippen LogP contribution in [-0.4, -0.2) is 24.1 Å². The van der Waals surface area contributed by atoms with Gasteiger partial charge in [0.25, 0.3) is 0 Å². The molecule has 0 aliphatic heterocycles. The number of benzene rings is 1. The summed E-state index contributed by atoms with van der Waals surface area (Å²) in [4.78, 5) is 10.3. The average Bonchev–Trinajstić information content (AvgIpc) is 2.46. The van der Waals surface area contributed by atoms with E-state index in [4.69, 9.17) is 10.5 Å². The van der Waals surface area contributed by atoms with Crippen molar-refractivity contribution < 1.29 is 4.74 Å². The molecule has 0 bridgehead atoms. The van der Waals surface area contributed by atoms with Crippen molar-refractivity contribution in [1.29, 1.82) is 0 Å². The molecule has 2 rings (SSSR count). The Morgan fingerprint density at radius 3 is 2.68 bits per heavy atom. The third kappa shape index (κ3) is 2.45. The van der Waals surface area contributed by atoms with Gasteiger partial charge in [0.15, 0.2) is 0 Å². The Hall–Kier alpha value is -2.30. The van der Waals surface area contributed by atoms with E-state index in [2.05, 4.69) is 9.97 Å². The Labute approximate surface area is 113 Å². The van der Waals surface area contributed by atoms with Gasteiger partial charge in [-0.05, 0) is 18.6 Å². The van der Waals surface area contributed by atoms with Crippen molar-refractivity contribution >= 4 is 17.3 Å². The zero-order chi connectivity index (χ0) is 13.8. The fraction of sp³-hybridized carbons (Fsp3) is 0.286. The lowest BCUT2D eigenvalue weighted by Crippen LogP contribution is -2.16. The van der Waals surface area contributed by atoms with Gasteiger partial charge in [0, 0.05) is 12.6 Å². The van der Waals surface area contributed by atoms with E-state index in [0.29, 0.717) is 5.82 Å². The maximum absolute atomic E-state index is 5.91. The SMILES string of the molecule is CCc1c(N)ncnc1N(C)c1ccccc1OC. The minimum absolute atomic E-state index is 0.522. The third-order valence-corrected chi connectivity index (χ3v) is 3.07. The standard InChI is InChI=1S/C14H18N4O/c1-4-10-13(15)16-9-17-14(10)18(2)11-7-5-6-8-12(11)19-3/h5-9H,4H2,1-3H3,(H2,15,16,17). The summed E-state index contributed by atoms with van der Waals surface area (Å²) in [5.74, 6) is 2.12. The average molecular weight is 258 g/mol. The van der Waals surface area contributed by atoms with E-state index in [1.165, 1.54) is 6.33 Å². The maximum Gasteiger partial charge on any atom is 0.142 e. The largest absolute Gasteiger partial charge is 0.495 e. The van der Waals surface area contributed by atoms with Gasteiger partial charge in [-0.1, -0.05) is 19.1 Å². The molecule has 1 aromatic carbocycles. The number of methoxy groups -OCH3 is 1. The number of nitrogen functional groups attached to an aromatic ring is 1. The summed E-state index contributed by atoms with van der Waals surface area (Å²) in [6, 6.07) is 7.80. The second-order valence-electron chi connectivity index (χ2n) is 4.15. The first-order valence-electron chi connectivity index (χ1n) is 6.15. The van der Waals surface area contributed by atoms with Crippen LogP contribution in [0.3, 0.4) is 0 Å². The first-order valence-corrected chi connectivity index (χ1v) is 6.15. The first kappa shape index (κ1) is 13.1. The lowest BCUT2D eigenvalue weighted by Gasteiger charge is -2.23. The van der Waals surface area contributed by atoms with Crippen molar-refractivity contribution in [1.82, 2.24) is 9.97 Å². The molecule has 0 spiro atoms. The van der Waals surface area contributed by atoms with Gasteiger partial charge in [0.05, 0.1) is 12.8 Å². The zero-order valence-corrected chi connectivity index (χ0v) is 11.4. The predicted octanol–water partition coefficient (Wildman–Crippen LogP) is 2.40. The molecule has 100 valence electrons. The highest BCUT2D eigenvalue weighted by Crippen LogP contribution is 2.33. The molecule has 5 heteroatoms. The van der Waals surface area contributed by atoms with Crippen LogP contribution < -0.4 is 15.4 Å². The molecule has 0 aliphatic rings. The van der Waals surface area contributed by atoms with Gasteiger partial charge in [0.2, 0.25) is 0 Å². The van der Waals surface area contributed by atoms with E-state index < -0.39 is 0 Å². The van der Waals surface area contributed by atoms with Gasteiger partial charge in [-0.3, -0.25) is 0 Å². The summed E-state index contributed by atoms with van der Waals surface area (Å²) in [7, 11) is 3.60. The van der Waals surface area contributed by atoms with E-state index in [-0.39, 0.29) is 0 Å². The molecule has 2 N–H and O–H groups in total. The summed E-state index contributed by atoms with van der Waals surface area (Å²) in [6.45, 7) is 2.04. The van der Waals surface area contributed by atoms with E-state index in [1.54, 1.807) is 7.11 Å². The monoisotopic (exact) mass is 258 g/mol. The lowest BCUT2D eigenvalue weighted by molar-refractivity contribution is 0.415. The molecule has 0 unspecified atom stereocenters. The van der Waals surface area contributed by atoms with Crippen LogP contribution in [0.2, 0.25) is 0 Å². The molecule has 0 fully saturated rings. The van der Waals surface area contributed by atoms with E-state index in [1.807, 2.05) is 43.1 Å². The fourth-order valence-electron chi connectivity index (χ4n) is 2.07. The van der Waals surface area contributed by atoms with Crippen LogP contribution in [0, 0.1) is 0 Å². The number of nitrogens with zero attached hydrogens (tertiary/aromatic N) is 3. The molecule has 5 nitrogen and oxygen atoms in total. The Bertz CT molecular complexity index is 571. The normalized spacial score (nSPS) is 10.3. The number of rotatable bonds is 4. The highest BCUT2D eigenvalue weighted by Gasteiger charge is 2.15. The van der Waals surface area contributed by atoms with Gasteiger partial charge in [-0.15, -0.1) is 0 Å². The molecular weight excluding hydrogens is 240 g/mol. The number of anilines is 3. The summed E-state index contributed by atoms with van der Waals surface area (Å²) < 4.78 is 5.38. The first-order chi connectivity index (χ1) is 9.19. The summed E-state index contributed by atoms with van der Waals surface area (Å²) >= 11 is 0. The van der Waals surface area contributed by atoms with Crippen molar-refractivity contribution in [2.24, 2.45) is 0 Å². The predicted molar refractivity (Wildman–Crippen MR) is 76.9 cm³/mol. The van der Waals surface area contributed by atoms with Gasteiger partial charge in [-0.2, -0.15) is 0 Å². The molecule has 1 aromatic heterocycles. The van der Waals surface area contributed by atoms with Gasteiger partial charge < -0.3 is 15.4 Å². The Kier molecular flexibility index (Phi) is 3.85. The number of hydrogen-bond donors (Lipinski definition) is 1. The number of hydrogen-bond acceptors (Lipinski definition) is 5. The van der Waals surface area contributed by atoms with Crippen molar-refractivity contribution in [2.75, 3.05) is 24.8 Å². The Morgan fingerprint density at radius 1 is 1.26 bits per heavy atom. The molecule has 0 radical (unpaired) electrons. The minimum Gasteiger partial charge on any atom is -0.495 e. The van der Waals surface area contributed by atoms with Gasteiger partial charge in [0.1, 0.15) is 23.7 Å². The number of aromatic nitrogens is 2. The van der Waals surface area contributed by atoms with Crippen molar-refractivity contribution in [3.05, 3.63) is 36.2 Å². The quantitative estimate of drug-likeness (QED) is 0.912. The van der Waals surface area contributed by atoms with Crippen LogP contribution in [0.15, 0.2) is 30.6 Å². The Morgan fingerprint density at radius 2 is 2.00 bits per heavy atom. The second-order valence-corrected chi connectivity index (χ2v) is 4.15. The van der Waals surface area contributed by atoms with Crippen LogP contribution in [0.4, 0.5) is 17.3 Å². The molecule has 19 heavy (non-hydrogen) atoms. The van der Waals surface area contributed by atoms with E-state index in [0.717, 1.165) is 29.2 Å². The van der Waals surface area contributed by atoms with Crippen molar-refractivity contribution in [3.63, 3.8) is 0 Å². The molecule has 0 aliphatic carbocycles. The van der Waals surface area contributed by atoms with Gasteiger partial charge >= 0.3 is 0 Å². The van der Waals surface area contributed by atoms with Crippen LogP contribution in [-0.2, 0) is 6.42 Å². The molecule has 0 saturated heterocycles. The Balaban J connectivity index is 2.50. The molecule has 0 saturated carbocycles. The summed E-state index contributed by atoms with van der Waals surface area (Å²) in [6.07, 6.45) is 2.26. The summed E-state index contributed by atoms with van der Waals surface area (Å²) in [5.41, 5.74) is 7.79. The molecule has 0 atom stereocenters. The van der Waals surface area contributed by atoms with E-state index in [9.17, 15) is 0 Å². The van der Waals surface area contributed by atoms with Crippen LogP contribution >= 0.6 is 0 Å². The minimum atomic E-state index is 0.522. The van der Waals surface area contributed by atoms with Crippen LogP contribution in [0.25, 0.3) is 0 Å². The maximum atomic E-state index is 5.91. The smallest absolute Gasteiger partial charge is 0.142 e. The molecule has 1 heterocycles. The van der Waals surface area contributed by atoms with Gasteiger partial charge in [-0.25, -0.2) is 9.97 Å². The number of para-hydroxylation sites is 2. The number of nitrogens with two attached hydrogens (primary N) is 1. The topological polar surface area (TPSA) is 64.3 Å². The van der Waals surface area contributed by atoms with E-state index >= 15 is 0 Å². The molecular formula is C14H18N4O. The molecule has 2 aromatic rings. The lowest BCUT2D eigenvalue weighted by atomic mass is 10.2. The highest BCUT2D eigenvalue weighted by atomic mass is 16.5. The van der Waals surface area contributed by atoms with Crippen LogP contribution in [0.1, 0.15) is 12.5 Å². The summed E-state index contributed by atoms with van der Waals surface area (Å²) in [5, 5.41) is 0. The fourth-order valence-corrected chi connectivity index (χ4v) is 2.07. The highest BCUT2D eigenvalue weighted by molar-refractivity contribution is 5.70. The van der Waals surface area contributed by atoms with Crippen molar-refractivity contribution in [2.45, 2.75) is 13.3 Å².